The van der Waals surface area contributed by atoms with Gasteiger partial charge in [0.05, 0.1) is 5.60 Å². The molecule has 7 heavy (non-hydrogen) atoms. The molecular weight excluding hydrogens is 90.9 g/mol. The average molecular weight is 99.9 g/mol. The number of rotatable bonds is 2. The monoisotopic (exact) mass is 100 g/mol. The van der Waals surface area contributed by atoms with Crippen molar-refractivity contribution in [2.75, 3.05) is 0 Å². The maximum absolute atomic E-state index is 8.22. The highest BCUT2D eigenvalue weighted by atomic mass is 16.5. The molecule has 2 nitrogen and oxygen atoms in total. The van der Waals surface area contributed by atoms with E-state index < -0.39 is 0 Å². The van der Waals surface area contributed by atoms with Crippen LogP contribution in [0.4, 0.5) is 0 Å². The lowest BCUT2D eigenvalue weighted by atomic mass is 10.3. The second-order valence-corrected chi connectivity index (χ2v) is 2.22. The zero-order valence-corrected chi connectivity index (χ0v) is 4.48. The summed E-state index contributed by atoms with van der Waals surface area (Å²) in [7, 11) is -0.128. The summed E-state index contributed by atoms with van der Waals surface area (Å²) in [4.78, 5) is 0. The Morgan fingerprint density at radius 3 is 2.43 bits per heavy atom. The molecule has 0 aliphatic heterocycles. The van der Waals surface area contributed by atoms with Gasteiger partial charge in [-0.25, -0.2) is 0 Å². The van der Waals surface area contributed by atoms with Crippen LogP contribution in [-0.2, 0) is 4.65 Å². The quantitative estimate of drug-likeness (QED) is 0.487. The van der Waals surface area contributed by atoms with Crippen LogP contribution in [0.25, 0.3) is 0 Å². The molecule has 0 spiro atoms. The number of hydrogen-bond donors (Lipinski definition) is 1. The van der Waals surface area contributed by atoms with Crippen LogP contribution in [0.5, 0.6) is 0 Å². The zero-order chi connectivity index (χ0) is 5.33. The van der Waals surface area contributed by atoms with Gasteiger partial charge in [0.2, 0.25) is 0 Å². The Bertz CT molecular complexity index is 70.1. The van der Waals surface area contributed by atoms with Gasteiger partial charge < -0.3 is 9.68 Å². The molecular formula is C4H9BO2. The highest BCUT2D eigenvalue weighted by Crippen LogP contribution is 2.37. The molecule has 0 radical (unpaired) electrons. The second kappa shape index (κ2) is 1.49. The molecule has 1 aliphatic rings. The van der Waals surface area contributed by atoms with Gasteiger partial charge in [0.25, 0.3) is 0 Å². The van der Waals surface area contributed by atoms with E-state index >= 15 is 0 Å². The van der Waals surface area contributed by atoms with E-state index in [1.165, 1.54) is 0 Å². The Labute approximate surface area is 43.8 Å². The van der Waals surface area contributed by atoms with Gasteiger partial charge >= 0.3 is 7.69 Å². The number of hydrogen-bond acceptors (Lipinski definition) is 2. The minimum absolute atomic E-state index is 0.0503. The van der Waals surface area contributed by atoms with Gasteiger partial charge in [-0.3, -0.25) is 0 Å². The molecule has 0 bridgehead atoms. The van der Waals surface area contributed by atoms with Crippen molar-refractivity contribution in [3.63, 3.8) is 0 Å². The lowest BCUT2D eigenvalue weighted by molar-refractivity contribution is 0.180. The Morgan fingerprint density at radius 2 is 2.29 bits per heavy atom. The van der Waals surface area contributed by atoms with E-state index in [9.17, 15) is 0 Å². The van der Waals surface area contributed by atoms with Crippen LogP contribution in [-0.4, -0.2) is 18.3 Å². The van der Waals surface area contributed by atoms with Crippen molar-refractivity contribution in [1.82, 2.24) is 0 Å². The summed E-state index contributed by atoms with van der Waals surface area (Å²) in [6, 6.07) is 0. The summed E-state index contributed by atoms with van der Waals surface area (Å²) in [6.45, 7) is 2.00. The summed E-state index contributed by atoms with van der Waals surface area (Å²) in [5, 5.41) is 8.22. The fourth-order valence-corrected chi connectivity index (χ4v) is 0.476. The molecule has 0 atom stereocenters. The molecule has 1 aliphatic carbocycles. The SMILES string of the molecule is CC1(OBO)CC1. The minimum atomic E-state index is -0.128. The van der Waals surface area contributed by atoms with Crippen molar-refractivity contribution in [3.05, 3.63) is 0 Å². The minimum Gasteiger partial charge on any atom is -0.430 e. The van der Waals surface area contributed by atoms with Crippen LogP contribution < -0.4 is 0 Å². The van der Waals surface area contributed by atoms with Crippen LogP contribution in [0.1, 0.15) is 19.8 Å². The molecule has 3 heteroatoms. The molecule has 1 saturated carbocycles. The van der Waals surface area contributed by atoms with Crippen molar-refractivity contribution in [2.45, 2.75) is 25.4 Å². The maximum Gasteiger partial charge on any atom is 0.435 e. The predicted molar refractivity (Wildman–Crippen MR) is 28.1 cm³/mol. The van der Waals surface area contributed by atoms with E-state index in [1.54, 1.807) is 0 Å². The summed E-state index contributed by atoms with van der Waals surface area (Å²) in [6.07, 6.45) is 2.21. The van der Waals surface area contributed by atoms with Crippen LogP contribution >= 0.6 is 0 Å². The van der Waals surface area contributed by atoms with E-state index in [4.69, 9.17) is 9.68 Å². The van der Waals surface area contributed by atoms with E-state index in [0.29, 0.717) is 0 Å². The van der Waals surface area contributed by atoms with E-state index in [2.05, 4.69) is 0 Å². The molecule has 0 unspecified atom stereocenters. The standard InChI is InChI=1S/C4H9BO2/c1-4(2-3-4)7-5-6/h5-6H,2-3H2,1H3. The highest BCUT2D eigenvalue weighted by molar-refractivity contribution is 6.16. The zero-order valence-electron chi connectivity index (χ0n) is 4.48. The van der Waals surface area contributed by atoms with Crippen LogP contribution in [0.15, 0.2) is 0 Å². The molecule has 0 amide bonds. The Morgan fingerprint density at radius 1 is 1.71 bits per heavy atom. The van der Waals surface area contributed by atoms with Crippen LogP contribution in [0.2, 0.25) is 0 Å². The molecule has 40 valence electrons. The second-order valence-electron chi connectivity index (χ2n) is 2.22. The van der Waals surface area contributed by atoms with Gasteiger partial charge in [-0.1, -0.05) is 0 Å². The Balaban J connectivity index is 2.13. The van der Waals surface area contributed by atoms with E-state index in [0.717, 1.165) is 12.8 Å². The first-order valence-electron chi connectivity index (χ1n) is 2.52. The summed E-state index contributed by atoms with van der Waals surface area (Å²) in [5.74, 6) is 0. The molecule has 0 aromatic rings. The first-order chi connectivity index (χ1) is 3.27. The molecule has 0 heterocycles. The summed E-state index contributed by atoms with van der Waals surface area (Å²) < 4.78 is 4.90. The first-order valence-corrected chi connectivity index (χ1v) is 2.52. The summed E-state index contributed by atoms with van der Waals surface area (Å²) in [5.41, 5.74) is 0.0503. The van der Waals surface area contributed by atoms with Gasteiger partial charge in [0.1, 0.15) is 0 Å². The third-order valence-electron chi connectivity index (χ3n) is 1.37. The Hall–Kier alpha value is -0.0151. The van der Waals surface area contributed by atoms with Crippen LogP contribution in [0, 0.1) is 0 Å². The van der Waals surface area contributed by atoms with Gasteiger partial charge in [-0.15, -0.1) is 0 Å². The molecule has 0 aromatic carbocycles. The van der Waals surface area contributed by atoms with Crippen molar-refractivity contribution >= 4 is 7.69 Å². The topological polar surface area (TPSA) is 29.5 Å². The third kappa shape index (κ3) is 1.18. The maximum atomic E-state index is 8.22. The van der Waals surface area contributed by atoms with Crippen LogP contribution in [0.3, 0.4) is 0 Å². The smallest absolute Gasteiger partial charge is 0.430 e. The van der Waals surface area contributed by atoms with Gasteiger partial charge in [-0.2, -0.15) is 0 Å². The first kappa shape index (κ1) is 5.13. The summed E-state index contributed by atoms with van der Waals surface area (Å²) >= 11 is 0. The molecule has 0 aromatic heterocycles. The van der Waals surface area contributed by atoms with Gasteiger partial charge in [-0.05, 0) is 19.8 Å². The van der Waals surface area contributed by atoms with Crippen molar-refractivity contribution in [2.24, 2.45) is 0 Å². The molecule has 1 N–H and O–H groups in total. The molecule has 1 rings (SSSR count). The van der Waals surface area contributed by atoms with Gasteiger partial charge in [0.15, 0.2) is 0 Å². The highest BCUT2D eigenvalue weighted by Gasteiger charge is 2.37. The van der Waals surface area contributed by atoms with Crippen molar-refractivity contribution in [3.8, 4) is 0 Å². The normalized spacial score (nSPS) is 24.3. The third-order valence-corrected chi connectivity index (χ3v) is 1.37. The largest absolute Gasteiger partial charge is 0.435 e. The molecule has 1 fully saturated rings. The van der Waals surface area contributed by atoms with Gasteiger partial charge in [0, 0.05) is 0 Å². The fraction of sp³-hybridized carbons (Fsp3) is 1.00. The van der Waals surface area contributed by atoms with Crippen molar-refractivity contribution < 1.29 is 9.68 Å². The van der Waals surface area contributed by atoms with E-state index in [1.807, 2.05) is 6.92 Å². The Kier molecular flexibility index (Phi) is 1.09. The average Bonchev–Trinajstić information content (AvgIpc) is 2.22. The lowest BCUT2D eigenvalue weighted by Gasteiger charge is -2.03. The van der Waals surface area contributed by atoms with E-state index in [-0.39, 0.29) is 13.3 Å². The van der Waals surface area contributed by atoms with Crippen molar-refractivity contribution in [1.29, 1.82) is 0 Å². The predicted octanol–water partition coefficient (Wildman–Crippen LogP) is -0.186. The lowest BCUT2D eigenvalue weighted by Crippen LogP contribution is -2.11. The molecule has 0 saturated heterocycles. The fourth-order valence-electron chi connectivity index (χ4n) is 0.476.